The number of rotatable bonds is 10. The van der Waals surface area contributed by atoms with Gasteiger partial charge in [-0.2, -0.15) is 0 Å². The van der Waals surface area contributed by atoms with Crippen LogP contribution in [-0.2, 0) is 0 Å². The van der Waals surface area contributed by atoms with Gasteiger partial charge in [0.25, 0.3) is 0 Å². The van der Waals surface area contributed by atoms with Gasteiger partial charge in [0.15, 0.2) is 0 Å². The smallest absolute Gasteiger partial charge is 0.0436 e. The summed E-state index contributed by atoms with van der Waals surface area (Å²) in [5.41, 5.74) is 4.41. The summed E-state index contributed by atoms with van der Waals surface area (Å²) < 4.78 is 0. The number of hydrogen-bond acceptors (Lipinski definition) is 1. The Morgan fingerprint density at radius 3 is 2.38 bits per heavy atom. The predicted molar refractivity (Wildman–Crippen MR) is 71.5 cm³/mol. The van der Waals surface area contributed by atoms with Crippen LogP contribution in [0.4, 0.5) is 0 Å². The average molecular weight is 224 g/mol. The van der Waals surface area contributed by atoms with Crippen LogP contribution in [0.1, 0.15) is 65.2 Å². The lowest BCUT2D eigenvalue weighted by atomic mass is 9.90. The molecule has 0 fully saturated rings. The number of aliphatic hydroxyl groups excluding tert-OH is 1. The maximum absolute atomic E-state index is 8.99. The quantitative estimate of drug-likeness (QED) is 0.429. The van der Waals surface area contributed by atoms with E-state index in [0.717, 1.165) is 19.3 Å². The second-order valence-corrected chi connectivity index (χ2v) is 4.48. The highest BCUT2D eigenvalue weighted by atomic mass is 16.3. The van der Waals surface area contributed by atoms with E-state index in [0.29, 0.717) is 5.92 Å². The molecule has 0 aliphatic rings. The number of allylic oxidation sites excluding steroid dienone is 1. The van der Waals surface area contributed by atoms with Gasteiger partial charge in [-0.3, -0.25) is 0 Å². The van der Waals surface area contributed by atoms with Gasteiger partial charge >= 0.3 is 0 Å². The molecule has 0 spiro atoms. The van der Waals surface area contributed by atoms with E-state index in [9.17, 15) is 0 Å². The molecule has 1 heteroatoms. The Labute approximate surface area is 101 Å². The molecule has 0 bridgehead atoms. The molecule has 0 saturated heterocycles. The Balaban J connectivity index is 3.86. The summed E-state index contributed by atoms with van der Waals surface area (Å²) in [5, 5.41) is 8.99. The second-order valence-electron chi connectivity index (χ2n) is 4.48. The van der Waals surface area contributed by atoms with E-state index in [4.69, 9.17) is 5.11 Å². The van der Waals surface area contributed by atoms with E-state index in [1.165, 1.54) is 37.7 Å². The SMILES string of the molecule is C=C=C(CCCCCCC)C(CC)CCO. The molecule has 0 aromatic rings. The van der Waals surface area contributed by atoms with E-state index >= 15 is 0 Å². The van der Waals surface area contributed by atoms with Crippen molar-refractivity contribution < 1.29 is 5.11 Å². The molecular formula is C15H28O. The van der Waals surface area contributed by atoms with Crippen LogP contribution in [0.2, 0.25) is 0 Å². The zero-order valence-electron chi connectivity index (χ0n) is 11.1. The molecule has 0 saturated carbocycles. The Hall–Kier alpha value is -0.520. The molecule has 0 aromatic carbocycles. The highest BCUT2D eigenvalue weighted by molar-refractivity contribution is 5.04. The first-order chi connectivity index (χ1) is 7.79. The van der Waals surface area contributed by atoms with Crippen LogP contribution in [0.5, 0.6) is 0 Å². The first-order valence-corrected chi connectivity index (χ1v) is 6.79. The van der Waals surface area contributed by atoms with E-state index < -0.39 is 0 Å². The maximum Gasteiger partial charge on any atom is 0.0436 e. The first kappa shape index (κ1) is 15.5. The minimum absolute atomic E-state index is 0.277. The third-order valence-electron chi connectivity index (χ3n) is 3.24. The standard InChI is InChI=1S/C15H28O/c1-4-7-8-9-10-11-14(5-2)15(6-3)12-13-16/h15-16H,2,4,6-13H2,1,3H3. The summed E-state index contributed by atoms with van der Waals surface area (Å²) in [7, 11) is 0. The van der Waals surface area contributed by atoms with Crippen molar-refractivity contribution in [2.45, 2.75) is 65.2 Å². The Morgan fingerprint density at radius 2 is 1.88 bits per heavy atom. The van der Waals surface area contributed by atoms with Crippen molar-refractivity contribution in [3.05, 3.63) is 17.9 Å². The molecule has 0 rings (SSSR count). The van der Waals surface area contributed by atoms with Crippen molar-refractivity contribution in [1.29, 1.82) is 0 Å². The van der Waals surface area contributed by atoms with Crippen molar-refractivity contribution >= 4 is 0 Å². The number of unbranched alkanes of at least 4 members (excludes halogenated alkanes) is 4. The monoisotopic (exact) mass is 224 g/mol. The normalized spacial score (nSPS) is 12.2. The van der Waals surface area contributed by atoms with Crippen molar-refractivity contribution in [1.82, 2.24) is 0 Å². The van der Waals surface area contributed by atoms with Crippen LogP contribution < -0.4 is 0 Å². The summed E-state index contributed by atoms with van der Waals surface area (Å²) >= 11 is 0. The van der Waals surface area contributed by atoms with Gasteiger partial charge < -0.3 is 5.11 Å². The van der Waals surface area contributed by atoms with Gasteiger partial charge in [0.05, 0.1) is 0 Å². The molecule has 1 atom stereocenters. The van der Waals surface area contributed by atoms with Crippen LogP contribution in [0.3, 0.4) is 0 Å². The third-order valence-corrected chi connectivity index (χ3v) is 3.24. The van der Waals surface area contributed by atoms with Crippen molar-refractivity contribution in [2.75, 3.05) is 6.61 Å². The van der Waals surface area contributed by atoms with E-state index in [-0.39, 0.29) is 6.61 Å². The Bertz CT molecular complexity index is 201. The minimum atomic E-state index is 0.277. The van der Waals surface area contributed by atoms with Gasteiger partial charge in [0.2, 0.25) is 0 Å². The summed E-state index contributed by atoms with van der Waals surface area (Å²) in [6.45, 7) is 8.48. The molecule has 1 unspecified atom stereocenters. The van der Waals surface area contributed by atoms with Crippen LogP contribution >= 0.6 is 0 Å². The molecule has 0 heterocycles. The van der Waals surface area contributed by atoms with Crippen LogP contribution in [0.25, 0.3) is 0 Å². The zero-order valence-corrected chi connectivity index (χ0v) is 11.1. The second kappa shape index (κ2) is 11.0. The molecule has 0 aliphatic heterocycles. The highest BCUT2D eigenvalue weighted by Gasteiger charge is 2.10. The Kier molecular flexibility index (Phi) is 10.6. The molecule has 0 aliphatic carbocycles. The maximum atomic E-state index is 8.99. The van der Waals surface area contributed by atoms with Crippen molar-refractivity contribution in [2.24, 2.45) is 5.92 Å². The minimum Gasteiger partial charge on any atom is -0.396 e. The lowest BCUT2D eigenvalue weighted by Crippen LogP contribution is -2.05. The van der Waals surface area contributed by atoms with E-state index in [1.54, 1.807) is 0 Å². The molecule has 1 nitrogen and oxygen atoms in total. The van der Waals surface area contributed by atoms with Crippen LogP contribution in [0, 0.1) is 5.92 Å². The predicted octanol–water partition coefficient (Wildman–Crippen LogP) is 4.47. The molecule has 0 aromatic heterocycles. The fourth-order valence-electron chi connectivity index (χ4n) is 2.14. The molecule has 16 heavy (non-hydrogen) atoms. The van der Waals surface area contributed by atoms with Gasteiger partial charge in [-0.25, -0.2) is 0 Å². The third kappa shape index (κ3) is 6.87. The topological polar surface area (TPSA) is 20.2 Å². The van der Waals surface area contributed by atoms with Crippen molar-refractivity contribution in [3.63, 3.8) is 0 Å². The lowest BCUT2D eigenvalue weighted by molar-refractivity contribution is 0.263. The fraction of sp³-hybridized carbons (Fsp3) is 0.800. The molecule has 94 valence electrons. The summed E-state index contributed by atoms with van der Waals surface area (Å²) in [6.07, 6.45) is 9.63. The lowest BCUT2D eigenvalue weighted by Gasteiger charge is -2.16. The van der Waals surface area contributed by atoms with Gasteiger partial charge in [0, 0.05) is 6.61 Å². The largest absolute Gasteiger partial charge is 0.396 e. The molecule has 0 radical (unpaired) electrons. The summed E-state index contributed by atoms with van der Waals surface area (Å²) in [6, 6.07) is 0. The molecule has 0 amide bonds. The van der Waals surface area contributed by atoms with Crippen LogP contribution in [0.15, 0.2) is 17.9 Å². The number of aliphatic hydroxyl groups is 1. The molecule has 1 N–H and O–H groups in total. The van der Waals surface area contributed by atoms with Gasteiger partial charge in [-0.1, -0.05) is 46.1 Å². The van der Waals surface area contributed by atoms with E-state index in [2.05, 4.69) is 26.2 Å². The van der Waals surface area contributed by atoms with Gasteiger partial charge in [-0.05, 0) is 37.2 Å². The highest BCUT2D eigenvalue weighted by Crippen LogP contribution is 2.23. The van der Waals surface area contributed by atoms with E-state index in [1.807, 2.05) is 0 Å². The average Bonchev–Trinajstić information content (AvgIpc) is 2.31. The zero-order chi connectivity index (χ0) is 12.2. The van der Waals surface area contributed by atoms with Crippen LogP contribution in [-0.4, -0.2) is 11.7 Å². The van der Waals surface area contributed by atoms with Crippen molar-refractivity contribution in [3.8, 4) is 0 Å². The fourth-order valence-corrected chi connectivity index (χ4v) is 2.14. The Morgan fingerprint density at radius 1 is 1.19 bits per heavy atom. The van der Waals surface area contributed by atoms with Gasteiger partial charge in [-0.15, -0.1) is 5.73 Å². The number of hydrogen-bond donors (Lipinski definition) is 1. The summed E-state index contributed by atoms with van der Waals surface area (Å²) in [4.78, 5) is 0. The first-order valence-electron chi connectivity index (χ1n) is 6.79. The molecular weight excluding hydrogens is 196 g/mol. The summed E-state index contributed by atoms with van der Waals surface area (Å²) in [5.74, 6) is 0.494. The van der Waals surface area contributed by atoms with Gasteiger partial charge in [0.1, 0.15) is 0 Å².